The number of benzene rings is 1. The Labute approximate surface area is 150 Å². The van der Waals surface area contributed by atoms with Crippen molar-refractivity contribution >= 4 is 29.1 Å². The smallest absolute Gasteiger partial charge is 0.147 e. The molecule has 0 amide bonds. The lowest BCUT2D eigenvalue weighted by atomic mass is 9.75. The van der Waals surface area contributed by atoms with Gasteiger partial charge in [-0.2, -0.15) is 0 Å². The highest BCUT2D eigenvalue weighted by molar-refractivity contribution is 8.04. The highest BCUT2D eigenvalue weighted by Gasteiger charge is 2.56. The third-order valence-corrected chi connectivity index (χ3v) is 7.21. The summed E-state index contributed by atoms with van der Waals surface area (Å²) in [7, 11) is 0. The summed E-state index contributed by atoms with van der Waals surface area (Å²) in [4.78, 5) is 14.9. The number of nitrogens with zero attached hydrogens (tertiary/aromatic N) is 1. The number of hydrogen-bond acceptors (Lipinski definition) is 4. The molecule has 3 aliphatic rings. The van der Waals surface area contributed by atoms with E-state index in [-0.39, 0.29) is 28.2 Å². The molecule has 128 valence electrons. The topological polar surface area (TPSA) is 29.5 Å². The second kappa shape index (κ2) is 6.04. The standard InChI is InChI=1S/C18H19ClFNO2S/c1-18-10-16(21-4-6-23-7-5-21)24-17(18)15(22)9-13(18)12-3-2-11(19)8-14(12)20/h2-3,8,10,13,17H,4-7,9H2,1H3. The van der Waals surface area contributed by atoms with Gasteiger partial charge in [0.15, 0.2) is 0 Å². The maximum atomic E-state index is 14.5. The van der Waals surface area contributed by atoms with Gasteiger partial charge in [0, 0.05) is 35.9 Å². The van der Waals surface area contributed by atoms with Crippen LogP contribution in [-0.4, -0.2) is 42.2 Å². The van der Waals surface area contributed by atoms with Crippen molar-refractivity contribution in [1.29, 1.82) is 0 Å². The Morgan fingerprint density at radius 1 is 1.38 bits per heavy atom. The van der Waals surface area contributed by atoms with Gasteiger partial charge in [0.2, 0.25) is 0 Å². The molecule has 2 aliphatic heterocycles. The molecule has 0 aromatic heterocycles. The highest BCUT2D eigenvalue weighted by atomic mass is 35.5. The predicted molar refractivity (Wildman–Crippen MR) is 93.7 cm³/mol. The number of rotatable bonds is 2. The van der Waals surface area contributed by atoms with Crippen LogP contribution in [0.4, 0.5) is 4.39 Å². The summed E-state index contributed by atoms with van der Waals surface area (Å²) in [5, 5.41) is 1.39. The van der Waals surface area contributed by atoms with Gasteiger partial charge in [-0.3, -0.25) is 4.79 Å². The minimum atomic E-state index is -0.357. The van der Waals surface area contributed by atoms with E-state index in [0.29, 0.717) is 30.2 Å². The van der Waals surface area contributed by atoms with Gasteiger partial charge in [0.25, 0.3) is 0 Å². The maximum Gasteiger partial charge on any atom is 0.147 e. The van der Waals surface area contributed by atoms with Gasteiger partial charge >= 0.3 is 0 Å². The molecule has 3 nitrogen and oxygen atoms in total. The Hall–Kier alpha value is -1.04. The zero-order valence-corrected chi connectivity index (χ0v) is 15.0. The normalized spacial score (nSPS) is 32.9. The van der Waals surface area contributed by atoms with Crippen LogP contribution >= 0.6 is 23.4 Å². The molecular weight excluding hydrogens is 349 g/mol. The summed E-state index contributed by atoms with van der Waals surface area (Å²) in [5.41, 5.74) is 0.238. The van der Waals surface area contributed by atoms with Crippen molar-refractivity contribution in [2.24, 2.45) is 5.41 Å². The summed E-state index contributed by atoms with van der Waals surface area (Å²) in [5.74, 6) is -0.250. The van der Waals surface area contributed by atoms with E-state index >= 15 is 0 Å². The van der Waals surface area contributed by atoms with Crippen molar-refractivity contribution in [3.8, 4) is 0 Å². The van der Waals surface area contributed by atoms with Gasteiger partial charge < -0.3 is 9.64 Å². The molecule has 0 radical (unpaired) electrons. The SMILES string of the molecule is CC12C=C(N3CCOCC3)SC1C(=O)CC2c1ccc(Cl)cc1F. The van der Waals surface area contributed by atoms with Crippen LogP contribution in [0, 0.1) is 11.2 Å². The van der Waals surface area contributed by atoms with Crippen LogP contribution in [0.5, 0.6) is 0 Å². The van der Waals surface area contributed by atoms with Gasteiger partial charge in [-0.15, -0.1) is 0 Å². The van der Waals surface area contributed by atoms with E-state index in [2.05, 4.69) is 17.9 Å². The summed E-state index contributed by atoms with van der Waals surface area (Å²) >= 11 is 7.52. The number of carbonyl (C=O) groups excluding carboxylic acids is 1. The van der Waals surface area contributed by atoms with Crippen molar-refractivity contribution in [2.75, 3.05) is 26.3 Å². The summed E-state index contributed by atoms with van der Waals surface area (Å²) < 4.78 is 19.9. The molecule has 24 heavy (non-hydrogen) atoms. The van der Waals surface area contributed by atoms with Gasteiger partial charge in [-0.25, -0.2) is 4.39 Å². The molecule has 2 fully saturated rings. The van der Waals surface area contributed by atoms with E-state index in [1.165, 1.54) is 6.07 Å². The first kappa shape index (κ1) is 16.4. The fourth-order valence-electron chi connectivity index (χ4n) is 4.03. The number of morpholine rings is 1. The monoisotopic (exact) mass is 367 g/mol. The number of carbonyl (C=O) groups is 1. The van der Waals surface area contributed by atoms with Gasteiger partial charge in [0.05, 0.1) is 23.5 Å². The largest absolute Gasteiger partial charge is 0.378 e. The lowest BCUT2D eigenvalue weighted by Gasteiger charge is -2.30. The Kier molecular flexibility index (Phi) is 4.14. The average Bonchev–Trinajstić information content (AvgIpc) is 3.03. The van der Waals surface area contributed by atoms with Crippen LogP contribution < -0.4 is 0 Å². The van der Waals surface area contributed by atoms with E-state index < -0.39 is 0 Å². The first-order valence-electron chi connectivity index (χ1n) is 8.19. The van der Waals surface area contributed by atoms with E-state index in [9.17, 15) is 9.18 Å². The number of thioether (sulfide) groups is 1. The van der Waals surface area contributed by atoms with E-state index in [1.807, 2.05) is 0 Å². The Balaban J connectivity index is 1.69. The van der Waals surface area contributed by atoms with Crippen LogP contribution in [0.25, 0.3) is 0 Å². The number of ketones is 1. The molecule has 3 atom stereocenters. The first-order valence-corrected chi connectivity index (χ1v) is 9.44. The maximum absolute atomic E-state index is 14.5. The molecule has 1 saturated heterocycles. The van der Waals surface area contributed by atoms with E-state index in [0.717, 1.165) is 18.1 Å². The molecule has 4 rings (SSSR count). The molecule has 1 aromatic carbocycles. The number of Topliss-reactive ketones (excluding diaryl/α,β-unsaturated/α-hetero) is 1. The Bertz CT molecular complexity index is 719. The fraction of sp³-hybridized carbons (Fsp3) is 0.500. The molecule has 6 heteroatoms. The lowest BCUT2D eigenvalue weighted by molar-refractivity contribution is -0.117. The summed E-state index contributed by atoms with van der Waals surface area (Å²) in [6, 6.07) is 4.77. The fourth-order valence-corrected chi connectivity index (χ4v) is 5.79. The molecule has 1 aliphatic carbocycles. The molecule has 1 saturated carbocycles. The summed E-state index contributed by atoms with van der Waals surface area (Å²) in [6.07, 6.45) is 2.58. The predicted octanol–water partition coefficient (Wildman–Crippen LogP) is 3.83. The van der Waals surface area contributed by atoms with E-state index in [4.69, 9.17) is 16.3 Å². The third-order valence-electron chi connectivity index (χ3n) is 5.35. The number of ether oxygens (including phenoxy) is 1. The van der Waals surface area contributed by atoms with Crippen molar-refractivity contribution in [3.63, 3.8) is 0 Å². The second-order valence-electron chi connectivity index (χ2n) is 6.83. The number of halogens is 2. The lowest BCUT2D eigenvalue weighted by Crippen LogP contribution is -2.34. The molecule has 0 bridgehead atoms. The zero-order valence-electron chi connectivity index (χ0n) is 13.4. The van der Waals surface area contributed by atoms with Crippen molar-refractivity contribution in [3.05, 3.63) is 45.7 Å². The van der Waals surface area contributed by atoms with Gasteiger partial charge in [0.1, 0.15) is 11.6 Å². The molecule has 0 N–H and O–H groups in total. The number of allylic oxidation sites excluding steroid dienone is 1. The average molecular weight is 368 g/mol. The van der Waals surface area contributed by atoms with Crippen LogP contribution in [0.2, 0.25) is 5.02 Å². The third kappa shape index (κ3) is 2.57. The molecule has 0 spiro atoms. The Morgan fingerprint density at radius 3 is 2.83 bits per heavy atom. The quantitative estimate of drug-likeness (QED) is 0.794. The summed E-state index contributed by atoms with van der Waals surface area (Å²) in [6.45, 7) is 5.19. The highest BCUT2D eigenvalue weighted by Crippen LogP contribution is 2.60. The molecule has 3 unspecified atom stereocenters. The number of hydrogen-bond donors (Lipinski definition) is 0. The first-order chi connectivity index (χ1) is 11.5. The molecule has 2 heterocycles. The zero-order chi connectivity index (χ0) is 16.9. The molecule has 1 aromatic rings. The minimum absolute atomic E-state index is 0.129. The Morgan fingerprint density at radius 2 is 2.12 bits per heavy atom. The second-order valence-corrected chi connectivity index (χ2v) is 8.40. The van der Waals surface area contributed by atoms with Crippen molar-refractivity contribution in [2.45, 2.75) is 24.5 Å². The van der Waals surface area contributed by atoms with Gasteiger partial charge in [-0.1, -0.05) is 36.4 Å². The van der Waals surface area contributed by atoms with Crippen LogP contribution in [0.3, 0.4) is 0 Å². The van der Waals surface area contributed by atoms with Crippen LogP contribution in [-0.2, 0) is 9.53 Å². The number of fused-ring (bicyclic) bond motifs is 1. The van der Waals surface area contributed by atoms with Crippen LogP contribution in [0.1, 0.15) is 24.8 Å². The minimum Gasteiger partial charge on any atom is -0.378 e. The molecular formula is C18H19ClFNO2S. The van der Waals surface area contributed by atoms with Crippen molar-refractivity contribution in [1.82, 2.24) is 4.90 Å². The van der Waals surface area contributed by atoms with Crippen LogP contribution in [0.15, 0.2) is 29.3 Å². The van der Waals surface area contributed by atoms with Gasteiger partial charge in [-0.05, 0) is 23.8 Å². The van der Waals surface area contributed by atoms with E-state index in [1.54, 1.807) is 23.9 Å². The van der Waals surface area contributed by atoms with Crippen molar-refractivity contribution < 1.29 is 13.9 Å².